The summed E-state index contributed by atoms with van der Waals surface area (Å²) in [5.41, 5.74) is 1.72. The predicted molar refractivity (Wildman–Crippen MR) is 134 cm³/mol. The second kappa shape index (κ2) is 9.12. The molecule has 0 radical (unpaired) electrons. The first-order valence-electron chi connectivity index (χ1n) is 13.1. The molecule has 4 aliphatic rings. The van der Waals surface area contributed by atoms with Gasteiger partial charge in [-0.2, -0.15) is 0 Å². The number of likely N-dealkylation sites (tertiary alicyclic amines) is 1. The van der Waals surface area contributed by atoms with E-state index in [0.717, 1.165) is 31.6 Å². The summed E-state index contributed by atoms with van der Waals surface area (Å²) >= 11 is 0. The van der Waals surface area contributed by atoms with Gasteiger partial charge in [-0.15, -0.1) is 0 Å². The van der Waals surface area contributed by atoms with Crippen LogP contribution in [0.15, 0.2) is 16.7 Å². The summed E-state index contributed by atoms with van der Waals surface area (Å²) in [6, 6.07) is 1.91. The molecule has 1 aromatic carbocycles. The third kappa shape index (κ3) is 4.25. The molecule has 1 atom stereocenters. The molecule has 39 heavy (non-hydrogen) atoms. The molecule has 13 heteroatoms. The van der Waals surface area contributed by atoms with Gasteiger partial charge in [-0.25, -0.2) is 24.1 Å². The standard InChI is InChI=1S/C26H27FN6O6/c27-21-16-8-14(7-15(16)9-17-22(21)38-20(29-17)1-6-34)11-32-4-2-26(3-5-32)13-33(25(36)39-26)18-10-28-24-23(30-18)31-19(35)12-37-24/h9-10,14,34H,1-8,11-13H2,(H,30,31,35). The number of fused-ring (bicyclic) bond motifs is 3. The summed E-state index contributed by atoms with van der Waals surface area (Å²) in [5, 5.41) is 11.7. The molecular weight excluding hydrogens is 511 g/mol. The number of hydrogen-bond acceptors (Lipinski definition) is 10. The summed E-state index contributed by atoms with van der Waals surface area (Å²) in [6.45, 7) is 2.47. The van der Waals surface area contributed by atoms with E-state index in [4.69, 9.17) is 19.0 Å². The second-order valence-electron chi connectivity index (χ2n) is 10.7. The van der Waals surface area contributed by atoms with Crippen molar-refractivity contribution < 1.29 is 33.0 Å². The van der Waals surface area contributed by atoms with Crippen molar-refractivity contribution in [3.63, 3.8) is 0 Å². The Morgan fingerprint density at radius 2 is 2.05 bits per heavy atom. The average Bonchev–Trinajstić information content (AvgIpc) is 3.61. The van der Waals surface area contributed by atoms with Gasteiger partial charge in [0.1, 0.15) is 11.1 Å². The lowest BCUT2D eigenvalue weighted by atomic mass is 9.90. The number of amides is 2. The van der Waals surface area contributed by atoms with Gasteiger partial charge in [0.25, 0.3) is 11.8 Å². The normalized spacial score (nSPS) is 22.1. The molecule has 2 saturated heterocycles. The van der Waals surface area contributed by atoms with Gasteiger partial charge in [-0.05, 0) is 36.0 Å². The number of aliphatic hydroxyl groups is 1. The molecule has 2 fully saturated rings. The minimum absolute atomic E-state index is 0.0955. The maximum absolute atomic E-state index is 15.2. The molecule has 0 bridgehead atoms. The van der Waals surface area contributed by atoms with E-state index in [2.05, 4.69) is 25.2 Å². The number of carbonyl (C=O) groups is 2. The van der Waals surface area contributed by atoms with E-state index < -0.39 is 11.7 Å². The highest BCUT2D eigenvalue weighted by molar-refractivity contribution is 5.94. The number of rotatable bonds is 5. The van der Waals surface area contributed by atoms with Gasteiger partial charge in [0.05, 0.1) is 19.3 Å². The van der Waals surface area contributed by atoms with Crippen molar-refractivity contribution in [2.24, 2.45) is 5.92 Å². The van der Waals surface area contributed by atoms with Crippen molar-refractivity contribution in [2.45, 2.75) is 37.7 Å². The maximum Gasteiger partial charge on any atom is 0.416 e. The maximum atomic E-state index is 15.2. The molecule has 204 valence electrons. The molecule has 1 unspecified atom stereocenters. The van der Waals surface area contributed by atoms with Crippen LogP contribution in [0.3, 0.4) is 0 Å². The monoisotopic (exact) mass is 538 g/mol. The van der Waals surface area contributed by atoms with E-state index in [1.165, 1.54) is 11.1 Å². The van der Waals surface area contributed by atoms with E-state index in [1.54, 1.807) is 0 Å². The van der Waals surface area contributed by atoms with Crippen molar-refractivity contribution in [2.75, 3.05) is 49.6 Å². The molecule has 1 aliphatic carbocycles. The molecule has 12 nitrogen and oxygen atoms in total. The van der Waals surface area contributed by atoms with E-state index >= 15 is 4.39 Å². The number of nitrogens with zero attached hydrogens (tertiary/aromatic N) is 5. The molecule has 3 aromatic rings. The first-order chi connectivity index (χ1) is 18.9. The fraction of sp³-hybridized carbons (Fsp3) is 0.500. The average molecular weight is 539 g/mol. The molecule has 2 amide bonds. The van der Waals surface area contributed by atoms with Crippen LogP contribution in [-0.2, 0) is 28.8 Å². The number of anilines is 2. The summed E-state index contributed by atoms with van der Waals surface area (Å²) < 4.78 is 31.9. The smallest absolute Gasteiger partial charge is 0.416 e. The van der Waals surface area contributed by atoms with Crippen LogP contribution in [0.4, 0.5) is 20.8 Å². The van der Waals surface area contributed by atoms with Crippen LogP contribution in [0.2, 0.25) is 0 Å². The number of ether oxygens (including phenoxy) is 2. The van der Waals surface area contributed by atoms with E-state index in [-0.39, 0.29) is 54.6 Å². The Balaban J connectivity index is 0.980. The van der Waals surface area contributed by atoms with Crippen molar-refractivity contribution >= 4 is 34.7 Å². The summed E-state index contributed by atoms with van der Waals surface area (Å²) in [5.74, 6) is 0.673. The van der Waals surface area contributed by atoms with Crippen molar-refractivity contribution in [1.29, 1.82) is 0 Å². The topological polar surface area (TPSA) is 143 Å². The van der Waals surface area contributed by atoms with E-state index in [0.29, 0.717) is 48.6 Å². The molecule has 2 N–H and O–H groups in total. The zero-order chi connectivity index (χ0) is 26.7. The fourth-order valence-corrected chi connectivity index (χ4v) is 6.13. The molecule has 7 rings (SSSR count). The van der Waals surface area contributed by atoms with Gasteiger partial charge in [-0.1, -0.05) is 0 Å². The largest absolute Gasteiger partial charge is 0.465 e. The van der Waals surface area contributed by atoms with Crippen molar-refractivity contribution in [1.82, 2.24) is 19.9 Å². The lowest BCUT2D eigenvalue weighted by Gasteiger charge is -2.38. The number of carbonyl (C=O) groups excluding carboxylic acids is 2. The van der Waals surface area contributed by atoms with Crippen LogP contribution in [-0.4, -0.2) is 82.0 Å². The van der Waals surface area contributed by atoms with Gasteiger partial charge < -0.3 is 29.2 Å². The third-order valence-electron chi connectivity index (χ3n) is 8.04. The third-order valence-corrected chi connectivity index (χ3v) is 8.04. The minimum Gasteiger partial charge on any atom is -0.465 e. The number of oxazole rings is 1. The Labute approximate surface area is 222 Å². The van der Waals surface area contributed by atoms with Crippen LogP contribution >= 0.6 is 0 Å². The van der Waals surface area contributed by atoms with Gasteiger partial charge in [-0.3, -0.25) is 9.69 Å². The van der Waals surface area contributed by atoms with Gasteiger partial charge >= 0.3 is 6.09 Å². The van der Waals surface area contributed by atoms with Crippen LogP contribution in [0, 0.1) is 11.7 Å². The number of aliphatic hydroxyl groups excluding tert-OH is 1. The SMILES string of the molecule is O=C1COc2ncc(N3CC4(CCN(CC5Cc6cc7nc(CCO)oc7c(F)c6C5)CC4)OC3=O)nc2N1. The Kier molecular flexibility index (Phi) is 5.67. The fourth-order valence-electron chi connectivity index (χ4n) is 6.13. The summed E-state index contributed by atoms with van der Waals surface area (Å²) in [4.78, 5) is 41.1. The van der Waals surface area contributed by atoms with E-state index in [1.807, 2.05) is 6.07 Å². The molecular formula is C26H27FN6O6. The first-order valence-corrected chi connectivity index (χ1v) is 13.1. The Bertz CT molecular complexity index is 1490. The molecule has 2 aromatic heterocycles. The number of benzene rings is 1. The molecule has 0 saturated carbocycles. The van der Waals surface area contributed by atoms with Gasteiger partial charge in [0, 0.05) is 38.9 Å². The van der Waals surface area contributed by atoms with Crippen LogP contribution < -0.4 is 15.0 Å². The second-order valence-corrected chi connectivity index (χ2v) is 10.7. The highest BCUT2D eigenvalue weighted by Gasteiger charge is 2.48. The molecule has 3 aliphatic heterocycles. The lowest BCUT2D eigenvalue weighted by Crippen LogP contribution is -2.48. The highest BCUT2D eigenvalue weighted by atomic mass is 19.1. The summed E-state index contributed by atoms with van der Waals surface area (Å²) in [6.07, 6.45) is 3.97. The molecule has 5 heterocycles. The lowest BCUT2D eigenvalue weighted by molar-refractivity contribution is -0.118. The number of hydrogen-bond donors (Lipinski definition) is 2. The molecule has 1 spiro atoms. The number of halogens is 1. The van der Waals surface area contributed by atoms with Crippen LogP contribution in [0.1, 0.15) is 29.9 Å². The number of piperidine rings is 1. The minimum atomic E-state index is -0.613. The predicted octanol–water partition coefficient (Wildman–Crippen LogP) is 1.83. The highest BCUT2D eigenvalue weighted by Crippen LogP contribution is 2.38. The zero-order valence-corrected chi connectivity index (χ0v) is 21.1. The first kappa shape index (κ1) is 24.2. The van der Waals surface area contributed by atoms with Crippen molar-refractivity contribution in [3.05, 3.63) is 35.1 Å². The summed E-state index contributed by atoms with van der Waals surface area (Å²) in [7, 11) is 0. The van der Waals surface area contributed by atoms with E-state index in [9.17, 15) is 9.59 Å². The van der Waals surface area contributed by atoms with Crippen LogP contribution in [0.5, 0.6) is 5.88 Å². The quantitative estimate of drug-likeness (QED) is 0.494. The zero-order valence-electron chi connectivity index (χ0n) is 21.1. The Hall–Kier alpha value is -3.84. The Morgan fingerprint density at radius 1 is 1.21 bits per heavy atom. The van der Waals surface area contributed by atoms with Gasteiger partial charge in [0.15, 0.2) is 35.5 Å². The van der Waals surface area contributed by atoms with Crippen molar-refractivity contribution in [3.8, 4) is 5.88 Å². The van der Waals surface area contributed by atoms with Crippen LogP contribution in [0.25, 0.3) is 11.1 Å². The number of nitrogens with one attached hydrogen (secondary N) is 1. The Morgan fingerprint density at radius 3 is 2.87 bits per heavy atom. The van der Waals surface area contributed by atoms with Gasteiger partial charge in [0.2, 0.25) is 0 Å². The number of aromatic nitrogens is 3.